The Bertz CT molecular complexity index is 543. The zero-order valence-corrected chi connectivity index (χ0v) is 12.4. The Morgan fingerprint density at radius 3 is 2.68 bits per heavy atom. The zero-order valence-electron chi connectivity index (χ0n) is 12.4. The van der Waals surface area contributed by atoms with Gasteiger partial charge in [0, 0.05) is 18.9 Å². The summed E-state index contributed by atoms with van der Waals surface area (Å²) in [6.45, 7) is 0.154. The number of Topliss-reactive ketones (excluding diaryl/α,β-unsaturated/α-hetero) is 1. The van der Waals surface area contributed by atoms with E-state index in [1.807, 2.05) is 30.3 Å². The van der Waals surface area contributed by atoms with Crippen molar-refractivity contribution in [3.8, 4) is 0 Å². The summed E-state index contributed by atoms with van der Waals surface area (Å²) in [7, 11) is 1.27. The Balaban J connectivity index is 1.88. The van der Waals surface area contributed by atoms with Crippen molar-refractivity contribution in [2.75, 3.05) is 7.11 Å². The SMILES string of the molecule is COC(=O)[C@@H]1CC(=O)CC[C@@H]1NC(=O)OCc1ccccc1. The maximum Gasteiger partial charge on any atom is 0.407 e. The van der Waals surface area contributed by atoms with Crippen molar-refractivity contribution in [2.45, 2.75) is 31.9 Å². The molecule has 0 aliphatic heterocycles. The highest BCUT2D eigenvalue weighted by Crippen LogP contribution is 2.23. The predicted molar refractivity (Wildman–Crippen MR) is 77.9 cm³/mol. The van der Waals surface area contributed by atoms with E-state index < -0.39 is 24.0 Å². The number of hydrogen-bond donors (Lipinski definition) is 1. The topological polar surface area (TPSA) is 81.7 Å². The number of benzene rings is 1. The number of alkyl carbamates (subject to hydrolysis) is 1. The highest BCUT2D eigenvalue weighted by molar-refractivity contribution is 5.87. The third kappa shape index (κ3) is 4.31. The van der Waals surface area contributed by atoms with Gasteiger partial charge in [-0.25, -0.2) is 4.79 Å². The van der Waals surface area contributed by atoms with Crippen LogP contribution >= 0.6 is 0 Å². The minimum atomic E-state index is -0.643. The Labute approximate surface area is 128 Å². The summed E-state index contributed by atoms with van der Waals surface area (Å²) in [5.41, 5.74) is 0.876. The fraction of sp³-hybridized carbons (Fsp3) is 0.438. The Morgan fingerprint density at radius 2 is 2.00 bits per heavy atom. The van der Waals surface area contributed by atoms with Gasteiger partial charge in [-0.05, 0) is 12.0 Å². The number of ketones is 1. The van der Waals surface area contributed by atoms with E-state index in [-0.39, 0.29) is 18.8 Å². The van der Waals surface area contributed by atoms with Gasteiger partial charge >= 0.3 is 12.1 Å². The van der Waals surface area contributed by atoms with E-state index in [4.69, 9.17) is 9.47 Å². The minimum absolute atomic E-state index is 0.00565. The monoisotopic (exact) mass is 305 g/mol. The van der Waals surface area contributed by atoms with Crippen LogP contribution in [0.1, 0.15) is 24.8 Å². The molecule has 0 bridgehead atoms. The van der Waals surface area contributed by atoms with Crippen LogP contribution in [0, 0.1) is 5.92 Å². The van der Waals surface area contributed by atoms with E-state index in [2.05, 4.69) is 5.32 Å². The summed E-state index contributed by atoms with van der Waals surface area (Å²) in [5, 5.41) is 2.66. The molecule has 1 aliphatic carbocycles. The quantitative estimate of drug-likeness (QED) is 0.858. The number of carbonyl (C=O) groups excluding carboxylic acids is 3. The molecule has 6 nitrogen and oxygen atoms in total. The molecule has 1 N–H and O–H groups in total. The number of ether oxygens (including phenoxy) is 2. The number of methoxy groups -OCH3 is 1. The molecule has 118 valence electrons. The van der Waals surface area contributed by atoms with Crippen LogP contribution in [0.25, 0.3) is 0 Å². The van der Waals surface area contributed by atoms with Gasteiger partial charge < -0.3 is 14.8 Å². The van der Waals surface area contributed by atoms with Crippen molar-refractivity contribution < 1.29 is 23.9 Å². The van der Waals surface area contributed by atoms with Gasteiger partial charge in [-0.15, -0.1) is 0 Å². The van der Waals surface area contributed by atoms with Crippen molar-refractivity contribution >= 4 is 17.8 Å². The fourth-order valence-electron chi connectivity index (χ4n) is 2.50. The largest absolute Gasteiger partial charge is 0.469 e. The minimum Gasteiger partial charge on any atom is -0.469 e. The number of rotatable bonds is 4. The second kappa shape index (κ2) is 7.59. The van der Waals surface area contributed by atoms with Crippen LogP contribution in [0.2, 0.25) is 0 Å². The number of nitrogens with one attached hydrogen (secondary N) is 1. The summed E-state index contributed by atoms with van der Waals surface area (Å²) < 4.78 is 9.83. The molecule has 2 atom stereocenters. The first-order valence-electron chi connectivity index (χ1n) is 7.17. The van der Waals surface area contributed by atoms with Crippen LogP contribution in [-0.4, -0.2) is 31.0 Å². The highest BCUT2D eigenvalue weighted by atomic mass is 16.5. The van der Waals surface area contributed by atoms with E-state index >= 15 is 0 Å². The summed E-state index contributed by atoms with van der Waals surface area (Å²) in [5.74, 6) is -1.12. The maximum atomic E-state index is 11.9. The summed E-state index contributed by atoms with van der Waals surface area (Å²) in [4.78, 5) is 35.1. The highest BCUT2D eigenvalue weighted by Gasteiger charge is 2.36. The molecule has 0 radical (unpaired) electrons. The van der Waals surface area contributed by atoms with Crippen molar-refractivity contribution in [2.24, 2.45) is 5.92 Å². The molecule has 0 spiro atoms. The molecule has 1 aromatic carbocycles. The first kappa shape index (κ1) is 16.0. The lowest BCUT2D eigenvalue weighted by molar-refractivity contribution is -0.149. The number of hydrogen-bond acceptors (Lipinski definition) is 5. The normalized spacial score (nSPS) is 21.0. The van der Waals surface area contributed by atoms with Crippen LogP contribution in [0.15, 0.2) is 30.3 Å². The van der Waals surface area contributed by atoms with Crippen LogP contribution in [-0.2, 0) is 25.7 Å². The fourth-order valence-corrected chi connectivity index (χ4v) is 2.50. The lowest BCUT2D eigenvalue weighted by Gasteiger charge is -2.29. The lowest BCUT2D eigenvalue weighted by atomic mass is 9.84. The van der Waals surface area contributed by atoms with Gasteiger partial charge in [0.05, 0.1) is 13.0 Å². The second-order valence-electron chi connectivity index (χ2n) is 5.22. The predicted octanol–water partition coefficient (Wildman–Crippen LogP) is 1.82. The Morgan fingerprint density at radius 1 is 1.27 bits per heavy atom. The zero-order chi connectivity index (χ0) is 15.9. The molecule has 1 amide bonds. The van der Waals surface area contributed by atoms with E-state index in [1.165, 1.54) is 7.11 Å². The Kier molecular flexibility index (Phi) is 5.52. The molecular weight excluding hydrogens is 286 g/mol. The second-order valence-corrected chi connectivity index (χ2v) is 5.22. The van der Waals surface area contributed by atoms with Crippen molar-refractivity contribution in [1.82, 2.24) is 5.32 Å². The lowest BCUT2D eigenvalue weighted by Crippen LogP contribution is -2.47. The van der Waals surface area contributed by atoms with Gasteiger partial charge in [0.15, 0.2) is 0 Å². The van der Waals surface area contributed by atoms with E-state index in [9.17, 15) is 14.4 Å². The maximum absolute atomic E-state index is 11.9. The average molecular weight is 305 g/mol. The van der Waals surface area contributed by atoms with Crippen LogP contribution < -0.4 is 5.32 Å². The van der Waals surface area contributed by atoms with E-state index in [0.29, 0.717) is 12.8 Å². The Hall–Kier alpha value is -2.37. The first-order chi connectivity index (χ1) is 10.6. The molecular formula is C16H19NO5. The van der Waals surface area contributed by atoms with Crippen LogP contribution in [0.4, 0.5) is 4.79 Å². The summed E-state index contributed by atoms with van der Waals surface area (Å²) in [6.07, 6.45) is 0.254. The third-order valence-corrected chi connectivity index (χ3v) is 3.69. The van der Waals surface area contributed by atoms with Crippen LogP contribution in [0.5, 0.6) is 0 Å². The molecule has 0 heterocycles. The molecule has 0 saturated heterocycles. The summed E-state index contributed by atoms with van der Waals surface area (Å²) in [6, 6.07) is 8.86. The van der Waals surface area contributed by atoms with E-state index in [1.54, 1.807) is 0 Å². The van der Waals surface area contributed by atoms with Crippen molar-refractivity contribution in [1.29, 1.82) is 0 Å². The number of esters is 1. The van der Waals surface area contributed by atoms with Gasteiger partial charge in [0.2, 0.25) is 0 Å². The molecule has 0 unspecified atom stereocenters. The molecule has 2 rings (SSSR count). The number of carbonyl (C=O) groups is 3. The van der Waals surface area contributed by atoms with Gasteiger partial charge in [-0.2, -0.15) is 0 Å². The van der Waals surface area contributed by atoms with Gasteiger partial charge in [0.25, 0.3) is 0 Å². The standard InChI is InChI=1S/C16H19NO5/c1-21-15(19)13-9-12(18)7-8-14(13)17-16(20)22-10-11-5-3-2-4-6-11/h2-6,13-14H,7-10H2,1H3,(H,17,20)/t13-,14+/m1/s1. The van der Waals surface area contributed by atoms with Crippen LogP contribution in [0.3, 0.4) is 0 Å². The first-order valence-corrected chi connectivity index (χ1v) is 7.17. The number of amides is 1. The molecule has 1 aliphatic rings. The molecule has 1 aromatic rings. The smallest absolute Gasteiger partial charge is 0.407 e. The van der Waals surface area contributed by atoms with Crippen molar-refractivity contribution in [3.63, 3.8) is 0 Å². The molecule has 6 heteroatoms. The third-order valence-electron chi connectivity index (χ3n) is 3.69. The summed E-state index contributed by atoms with van der Waals surface area (Å²) >= 11 is 0. The van der Waals surface area contributed by atoms with Gasteiger partial charge in [-0.1, -0.05) is 30.3 Å². The average Bonchev–Trinajstić information content (AvgIpc) is 2.55. The van der Waals surface area contributed by atoms with Gasteiger partial charge in [-0.3, -0.25) is 9.59 Å². The molecule has 1 saturated carbocycles. The van der Waals surface area contributed by atoms with Gasteiger partial charge in [0.1, 0.15) is 12.4 Å². The molecule has 0 aromatic heterocycles. The molecule has 1 fully saturated rings. The van der Waals surface area contributed by atoms with Crippen molar-refractivity contribution in [3.05, 3.63) is 35.9 Å². The molecule has 22 heavy (non-hydrogen) atoms. The van der Waals surface area contributed by atoms with E-state index in [0.717, 1.165) is 5.56 Å².